The third-order valence-corrected chi connectivity index (χ3v) is 1.63. The van der Waals surface area contributed by atoms with Crippen molar-refractivity contribution in [3.05, 3.63) is 18.6 Å². The number of nitrogens with two attached hydrogens (primary N) is 1. The summed E-state index contributed by atoms with van der Waals surface area (Å²) < 4.78 is 6.61. The summed E-state index contributed by atoms with van der Waals surface area (Å²) in [5.74, 6) is 0.621. The summed E-state index contributed by atoms with van der Waals surface area (Å²) in [4.78, 5) is 3.98. The molecular formula is C7H9ClN4O. The minimum atomic E-state index is 0. The summed E-state index contributed by atoms with van der Waals surface area (Å²) in [6.45, 7) is 0. The van der Waals surface area contributed by atoms with Crippen LogP contribution in [0.15, 0.2) is 18.6 Å². The van der Waals surface area contributed by atoms with Crippen molar-refractivity contribution in [1.29, 1.82) is 0 Å². The fraction of sp³-hybridized carbons (Fsp3) is 0.143. The number of hydrogen-bond acceptors (Lipinski definition) is 4. The van der Waals surface area contributed by atoms with Gasteiger partial charge >= 0.3 is 0 Å². The maximum Gasteiger partial charge on any atom is 0.159 e. The van der Waals surface area contributed by atoms with E-state index in [0.29, 0.717) is 11.4 Å². The van der Waals surface area contributed by atoms with Gasteiger partial charge in [-0.15, -0.1) is 12.4 Å². The first-order valence-corrected chi connectivity index (χ1v) is 3.44. The lowest BCUT2D eigenvalue weighted by atomic mass is 10.4. The first kappa shape index (κ1) is 9.60. The second-order valence-corrected chi connectivity index (χ2v) is 2.36. The predicted molar refractivity (Wildman–Crippen MR) is 51.2 cm³/mol. The number of halogens is 1. The van der Waals surface area contributed by atoms with Crippen molar-refractivity contribution >= 4 is 23.7 Å². The van der Waals surface area contributed by atoms with Crippen molar-refractivity contribution < 1.29 is 4.74 Å². The van der Waals surface area contributed by atoms with E-state index in [9.17, 15) is 0 Å². The summed E-state index contributed by atoms with van der Waals surface area (Å²) in [6, 6.07) is 1.74. The molecule has 0 aliphatic rings. The van der Waals surface area contributed by atoms with Crippen molar-refractivity contribution in [3.63, 3.8) is 0 Å². The number of hydrogen-bond donors (Lipinski definition) is 1. The molecule has 6 heteroatoms. The third-order valence-electron chi connectivity index (χ3n) is 1.63. The van der Waals surface area contributed by atoms with Crippen molar-refractivity contribution in [1.82, 2.24) is 14.6 Å². The number of nitrogens with zero attached hydrogens (tertiary/aromatic N) is 3. The number of aromatic nitrogens is 3. The van der Waals surface area contributed by atoms with Crippen LogP contribution in [0.1, 0.15) is 0 Å². The summed E-state index contributed by atoms with van der Waals surface area (Å²) in [6.07, 6.45) is 3.13. The number of pyridine rings is 1. The molecule has 0 spiro atoms. The first-order chi connectivity index (χ1) is 5.81. The van der Waals surface area contributed by atoms with Gasteiger partial charge in [0.1, 0.15) is 12.1 Å². The van der Waals surface area contributed by atoms with Gasteiger partial charge in [0.25, 0.3) is 0 Å². The van der Waals surface area contributed by atoms with Gasteiger partial charge in [-0.05, 0) is 0 Å². The van der Waals surface area contributed by atoms with Crippen LogP contribution in [0.5, 0.6) is 5.75 Å². The van der Waals surface area contributed by atoms with Gasteiger partial charge in [-0.1, -0.05) is 0 Å². The SMILES string of the molecule is COc1cc2ncnn2cc1N.Cl. The molecule has 2 heterocycles. The smallest absolute Gasteiger partial charge is 0.159 e. The van der Waals surface area contributed by atoms with Crippen LogP contribution in [0.3, 0.4) is 0 Å². The minimum Gasteiger partial charge on any atom is -0.494 e. The molecule has 13 heavy (non-hydrogen) atoms. The molecule has 0 radical (unpaired) electrons. The first-order valence-electron chi connectivity index (χ1n) is 3.44. The van der Waals surface area contributed by atoms with Crippen LogP contribution in [0.2, 0.25) is 0 Å². The third kappa shape index (κ3) is 1.50. The number of anilines is 1. The normalized spacial score (nSPS) is 9.62. The average molecular weight is 201 g/mol. The molecule has 0 bridgehead atoms. The molecule has 2 rings (SSSR count). The summed E-state index contributed by atoms with van der Waals surface area (Å²) in [5.41, 5.74) is 6.92. The Morgan fingerprint density at radius 3 is 3.00 bits per heavy atom. The zero-order valence-corrected chi connectivity index (χ0v) is 7.78. The highest BCUT2D eigenvalue weighted by molar-refractivity contribution is 5.85. The number of fused-ring (bicyclic) bond motifs is 1. The second-order valence-electron chi connectivity index (χ2n) is 2.36. The number of methoxy groups -OCH3 is 1. The quantitative estimate of drug-likeness (QED) is 0.738. The van der Waals surface area contributed by atoms with E-state index in [0.717, 1.165) is 5.65 Å². The van der Waals surface area contributed by atoms with Crippen LogP contribution < -0.4 is 10.5 Å². The fourth-order valence-corrected chi connectivity index (χ4v) is 1.03. The Hall–Kier alpha value is -1.49. The zero-order chi connectivity index (χ0) is 8.55. The molecule has 0 fully saturated rings. The van der Waals surface area contributed by atoms with E-state index in [1.54, 1.807) is 23.9 Å². The van der Waals surface area contributed by atoms with Crippen LogP contribution in [-0.2, 0) is 0 Å². The molecule has 0 unspecified atom stereocenters. The molecular weight excluding hydrogens is 192 g/mol. The van der Waals surface area contributed by atoms with E-state index in [4.69, 9.17) is 10.5 Å². The highest BCUT2D eigenvalue weighted by atomic mass is 35.5. The van der Waals surface area contributed by atoms with Gasteiger partial charge in [-0.2, -0.15) is 5.10 Å². The van der Waals surface area contributed by atoms with Crippen molar-refractivity contribution in [2.24, 2.45) is 0 Å². The monoisotopic (exact) mass is 200 g/mol. The Morgan fingerprint density at radius 2 is 2.31 bits per heavy atom. The number of nitrogen functional groups attached to an aromatic ring is 1. The molecule has 70 valence electrons. The summed E-state index contributed by atoms with van der Waals surface area (Å²) in [7, 11) is 1.57. The topological polar surface area (TPSA) is 65.4 Å². The maximum absolute atomic E-state index is 5.64. The van der Waals surface area contributed by atoms with Crippen molar-refractivity contribution in [2.45, 2.75) is 0 Å². The molecule has 0 aliphatic carbocycles. The largest absolute Gasteiger partial charge is 0.494 e. The van der Waals surface area contributed by atoms with Gasteiger partial charge in [0.15, 0.2) is 5.65 Å². The summed E-state index contributed by atoms with van der Waals surface area (Å²) in [5, 5.41) is 3.92. The second kappa shape index (κ2) is 3.49. The molecule has 2 aromatic rings. The van der Waals surface area contributed by atoms with Gasteiger partial charge in [-0.25, -0.2) is 9.50 Å². The lowest BCUT2D eigenvalue weighted by Gasteiger charge is -2.02. The van der Waals surface area contributed by atoms with E-state index in [1.165, 1.54) is 6.33 Å². The summed E-state index contributed by atoms with van der Waals surface area (Å²) >= 11 is 0. The van der Waals surface area contributed by atoms with Crippen LogP contribution >= 0.6 is 12.4 Å². The van der Waals surface area contributed by atoms with Gasteiger partial charge < -0.3 is 10.5 Å². The molecule has 0 atom stereocenters. The van der Waals surface area contributed by atoms with Gasteiger partial charge in [0.2, 0.25) is 0 Å². The molecule has 2 aromatic heterocycles. The van der Waals surface area contributed by atoms with E-state index in [1.807, 2.05) is 0 Å². The Labute approximate surface area is 80.9 Å². The molecule has 0 saturated heterocycles. The molecule has 0 amide bonds. The van der Waals surface area contributed by atoms with Gasteiger partial charge in [-0.3, -0.25) is 0 Å². The molecule has 0 aliphatic heterocycles. The van der Waals surface area contributed by atoms with Crippen LogP contribution in [0.25, 0.3) is 5.65 Å². The van der Waals surface area contributed by atoms with E-state index >= 15 is 0 Å². The highest BCUT2D eigenvalue weighted by Gasteiger charge is 2.02. The highest BCUT2D eigenvalue weighted by Crippen LogP contribution is 2.20. The molecule has 0 saturated carbocycles. The number of rotatable bonds is 1. The van der Waals surface area contributed by atoms with Gasteiger partial charge in [0, 0.05) is 6.07 Å². The Kier molecular flexibility index (Phi) is 2.57. The predicted octanol–water partition coefficient (Wildman–Crippen LogP) is 0.742. The standard InChI is InChI=1S/C7H8N4O.ClH/c1-12-6-2-7-9-4-10-11(7)3-5(6)8;/h2-4H,8H2,1H3;1H. The van der Waals surface area contributed by atoms with Crippen molar-refractivity contribution in [3.8, 4) is 5.75 Å². The minimum absolute atomic E-state index is 0. The van der Waals surface area contributed by atoms with Crippen LogP contribution in [0, 0.1) is 0 Å². The fourth-order valence-electron chi connectivity index (χ4n) is 1.03. The zero-order valence-electron chi connectivity index (χ0n) is 6.97. The van der Waals surface area contributed by atoms with E-state index in [2.05, 4.69) is 10.1 Å². The number of ether oxygens (including phenoxy) is 1. The molecule has 0 aromatic carbocycles. The van der Waals surface area contributed by atoms with Gasteiger partial charge in [0.05, 0.1) is 19.0 Å². The Bertz CT molecular complexity index is 414. The van der Waals surface area contributed by atoms with Crippen LogP contribution in [0.4, 0.5) is 5.69 Å². The van der Waals surface area contributed by atoms with Crippen LogP contribution in [-0.4, -0.2) is 21.7 Å². The van der Waals surface area contributed by atoms with Crippen molar-refractivity contribution in [2.75, 3.05) is 12.8 Å². The lowest BCUT2D eigenvalue weighted by Crippen LogP contribution is -1.96. The van der Waals surface area contributed by atoms with E-state index < -0.39 is 0 Å². The Morgan fingerprint density at radius 1 is 1.54 bits per heavy atom. The molecule has 2 N–H and O–H groups in total. The Balaban J connectivity index is 0.000000845. The molecule has 5 nitrogen and oxygen atoms in total. The lowest BCUT2D eigenvalue weighted by molar-refractivity contribution is 0.416. The maximum atomic E-state index is 5.64. The van der Waals surface area contributed by atoms with E-state index in [-0.39, 0.29) is 12.4 Å². The average Bonchev–Trinajstić information content (AvgIpc) is 2.49.